The summed E-state index contributed by atoms with van der Waals surface area (Å²) in [5.74, 6) is -0.655. The minimum atomic E-state index is -0.807. The third-order valence-electron chi connectivity index (χ3n) is 10.7. The molecule has 0 rings (SSSR count). The van der Waals surface area contributed by atoms with Gasteiger partial charge < -0.3 is 14.6 Å². The van der Waals surface area contributed by atoms with Gasteiger partial charge in [-0.05, 0) is 116 Å². The van der Waals surface area contributed by atoms with Crippen LogP contribution in [0.3, 0.4) is 0 Å². The fourth-order valence-electron chi connectivity index (χ4n) is 6.75. The van der Waals surface area contributed by atoms with Crippen molar-refractivity contribution in [3.63, 3.8) is 0 Å². The van der Waals surface area contributed by atoms with Crippen LogP contribution in [0.25, 0.3) is 0 Å². The van der Waals surface area contributed by atoms with E-state index in [1.165, 1.54) is 83.5 Å². The summed E-state index contributed by atoms with van der Waals surface area (Å²) in [7, 11) is 0. The van der Waals surface area contributed by atoms with Crippen LogP contribution in [0.2, 0.25) is 0 Å². The Morgan fingerprint density at radius 2 is 0.662 bits per heavy atom. The Bertz CT molecular complexity index is 1380. The summed E-state index contributed by atoms with van der Waals surface area (Å²) in [6, 6.07) is 0. The summed E-state index contributed by atoms with van der Waals surface area (Å²) in [5, 5.41) is 9.62. The van der Waals surface area contributed by atoms with Gasteiger partial charge in [-0.3, -0.25) is 9.59 Å². The number of aliphatic hydroxyl groups is 1. The molecule has 0 fully saturated rings. The van der Waals surface area contributed by atoms with Crippen LogP contribution in [0, 0.1) is 0 Å². The summed E-state index contributed by atoms with van der Waals surface area (Å²) >= 11 is 0. The van der Waals surface area contributed by atoms with Crippen molar-refractivity contribution in [2.24, 2.45) is 0 Å². The zero-order valence-electron chi connectivity index (χ0n) is 41.7. The normalized spacial score (nSPS) is 13.3. The molecule has 0 saturated carbocycles. The maximum Gasteiger partial charge on any atom is 0.306 e. The Morgan fingerprint density at radius 3 is 1.05 bits per heavy atom. The summed E-state index contributed by atoms with van der Waals surface area (Å²) < 4.78 is 10.6. The lowest BCUT2D eigenvalue weighted by Gasteiger charge is -2.15. The highest BCUT2D eigenvalue weighted by Gasteiger charge is 2.16. The lowest BCUT2D eigenvalue weighted by molar-refractivity contribution is -0.161. The number of carbonyl (C=O) groups is 2. The first-order valence-corrected chi connectivity index (χ1v) is 26.2. The van der Waals surface area contributed by atoms with Crippen LogP contribution in [0.1, 0.15) is 213 Å². The lowest BCUT2D eigenvalue weighted by atomic mass is 10.1. The highest BCUT2D eigenvalue weighted by atomic mass is 16.6. The second-order valence-corrected chi connectivity index (χ2v) is 16.9. The molecule has 1 N–H and O–H groups in total. The van der Waals surface area contributed by atoms with Crippen LogP contribution in [0.5, 0.6) is 0 Å². The van der Waals surface area contributed by atoms with Crippen LogP contribution in [0.4, 0.5) is 0 Å². The van der Waals surface area contributed by atoms with E-state index in [1.54, 1.807) is 0 Å². The van der Waals surface area contributed by atoms with Crippen LogP contribution < -0.4 is 0 Å². The van der Waals surface area contributed by atoms with Gasteiger partial charge in [0.25, 0.3) is 0 Å². The zero-order chi connectivity index (χ0) is 47.0. The summed E-state index contributed by atoms with van der Waals surface area (Å²) in [6.45, 7) is 3.98. The van der Waals surface area contributed by atoms with Crippen LogP contribution in [-0.4, -0.2) is 36.4 Å². The molecule has 5 nitrogen and oxygen atoms in total. The van der Waals surface area contributed by atoms with E-state index in [9.17, 15) is 14.7 Å². The largest absolute Gasteiger partial charge is 0.462 e. The SMILES string of the molecule is CC/C=C\C/C=C\C/C=C\C/C=C\C/C=C\C/C=C\C/C=C\C/C=C\C/C=C\C/C=C\CCCCC(=O)OC(CO)COC(=O)CCCCCCCCC/C=C\CCCCCCCCC. The molecule has 65 heavy (non-hydrogen) atoms. The van der Waals surface area contributed by atoms with E-state index in [4.69, 9.17) is 9.47 Å². The third-order valence-corrected chi connectivity index (χ3v) is 10.7. The van der Waals surface area contributed by atoms with E-state index in [2.05, 4.69) is 148 Å². The number of esters is 2. The van der Waals surface area contributed by atoms with E-state index in [0.29, 0.717) is 12.8 Å². The molecular weight excluding hydrogens is 801 g/mol. The molecule has 0 bridgehead atoms. The van der Waals surface area contributed by atoms with E-state index in [-0.39, 0.29) is 31.6 Å². The molecule has 0 aromatic heterocycles. The van der Waals surface area contributed by atoms with Crippen LogP contribution in [-0.2, 0) is 19.1 Å². The molecule has 5 heteroatoms. The summed E-state index contributed by atoms with van der Waals surface area (Å²) in [5.41, 5.74) is 0. The molecule has 0 radical (unpaired) electrons. The third kappa shape index (κ3) is 52.5. The van der Waals surface area contributed by atoms with E-state index in [1.807, 2.05) is 0 Å². The van der Waals surface area contributed by atoms with Gasteiger partial charge in [-0.2, -0.15) is 0 Å². The predicted molar refractivity (Wildman–Crippen MR) is 283 cm³/mol. The molecule has 0 aliphatic rings. The van der Waals surface area contributed by atoms with Gasteiger partial charge in [0.05, 0.1) is 6.61 Å². The molecule has 0 aliphatic carbocycles. The first-order valence-electron chi connectivity index (χ1n) is 26.2. The van der Waals surface area contributed by atoms with Crippen molar-refractivity contribution in [2.75, 3.05) is 13.2 Å². The zero-order valence-corrected chi connectivity index (χ0v) is 41.7. The van der Waals surface area contributed by atoms with E-state index >= 15 is 0 Å². The van der Waals surface area contributed by atoms with Crippen molar-refractivity contribution < 1.29 is 24.2 Å². The quantitative estimate of drug-likeness (QED) is 0.0374. The van der Waals surface area contributed by atoms with E-state index < -0.39 is 6.10 Å². The van der Waals surface area contributed by atoms with Gasteiger partial charge in [0.15, 0.2) is 6.10 Å². The van der Waals surface area contributed by atoms with Crippen molar-refractivity contribution in [3.8, 4) is 0 Å². The molecule has 0 spiro atoms. The highest BCUT2D eigenvalue weighted by molar-refractivity contribution is 5.70. The number of ether oxygens (including phenoxy) is 2. The Labute approximate surface area is 400 Å². The minimum Gasteiger partial charge on any atom is -0.462 e. The molecular formula is C60H96O5. The van der Waals surface area contributed by atoms with Gasteiger partial charge >= 0.3 is 11.9 Å². The maximum absolute atomic E-state index is 12.3. The maximum atomic E-state index is 12.3. The first kappa shape index (κ1) is 61.0. The van der Waals surface area contributed by atoms with Gasteiger partial charge in [-0.1, -0.05) is 218 Å². The minimum absolute atomic E-state index is 0.0939. The van der Waals surface area contributed by atoms with Crippen molar-refractivity contribution in [1.82, 2.24) is 0 Å². The predicted octanol–water partition coefficient (Wildman–Crippen LogP) is 17.7. The van der Waals surface area contributed by atoms with Crippen LogP contribution in [0.15, 0.2) is 134 Å². The van der Waals surface area contributed by atoms with E-state index in [0.717, 1.165) is 96.3 Å². The standard InChI is InChI=1S/C60H96O5/c1-3-5-7-9-11-13-15-17-19-21-23-24-25-26-27-28-29-30-31-32-33-34-35-36-37-39-41-43-45-47-49-51-53-55-60(63)65-58(56-61)57-64-59(62)54-52-50-48-46-44-42-40-38-22-20-18-16-14-12-10-8-6-4-2/h5,7,11,13,17,19-20,22-24,26-27,29-30,32-33,35-36,39,41,45,47,58,61H,3-4,6,8-10,12,14-16,18,21,25,28,31,34,37-38,40,42-44,46,48-57H2,1-2H3/b7-5-,13-11-,19-17-,22-20-,24-23-,27-26-,30-29-,33-32-,36-35-,41-39-,47-45-. The molecule has 1 unspecified atom stereocenters. The van der Waals surface area contributed by atoms with Crippen molar-refractivity contribution >= 4 is 11.9 Å². The second kappa shape index (κ2) is 54.4. The molecule has 1 atom stereocenters. The van der Waals surface area contributed by atoms with Crippen LogP contribution >= 0.6 is 0 Å². The molecule has 0 amide bonds. The van der Waals surface area contributed by atoms with Crippen molar-refractivity contribution in [2.45, 2.75) is 219 Å². The van der Waals surface area contributed by atoms with Gasteiger partial charge in [0, 0.05) is 12.8 Å². The average molecular weight is 897 g/mol. The molecule has 0 saturated heterocycles. The fraction of sp³-hybridized carbons (Fsp3) is 0.600. The molecule has 0 aliphatic heterocycles. The van der Waals surface area contributed by atoms with Gasteiger partial charge in [-0.15, -0.1) is 0 Å². The number of hydrogen-bond acceptors (Lipinski definition) is 5. The number of hydrogen-bond donors (Lipinski definition) is 1. The van der Waals surface area contributed by atoms with Gasteiger partial charge in [0.1, 0.15) is 6.61 Å². The van der Waals surface area contributed by atoms with Gasteiger partial charge in [-0.25, -0.2) is 0 Å². The summed E-state index contributed by atoms with van der Waals surface area (Å²) in [4.78, 5) is 24.4. The Balaban J connectivity index is 3.70. The molecule has 0 heterocycles. The second-order valence-electron chi connectivity index (χ2n) is 16.9. The Kier molecular flexibility index (Phi) is 51.1. The average Bonchev–Trinajstić information content (AvgIpc) is 3.31. The number of carbonyl (C=O) groups excluding carboxylic acids is 2. The number of unbranched alkanes of at least 4 members (excludes halogenated alkanes) is 16. The van der Waals surface area contributed by atoms with Gasteiger partial charge in [0.2, 0.25) is 0 Å². The van der Waals surface area contributed by atoms with Crippen molar-refractivity contribution in [3.05, 3.63) is 134 Å². The Morgan fingerprint density at radius 1 is 0.369 bits per heavy atom. The summed E-state index contributed by atoms with van der Waals surface area (Å²) in [6.07, 6.45) is 81.2. The number of rotatable bonds is 46. The Hall–Kier alpha value is -3.96. The monoisotopic (exact) mass is 897 g/mol. The lowest BCUT2D eigenvalue weighted by Crippen LogP contribution is -2.28. The molecule has 366 valence electrons. The number of aliphatic hydroxyl groups excluding tert-OH is 1. The molecule has 0 aromatic carbocycles. The molecule has 0 aromatic rings. The fourth-order valence-corrected chi connectivity index (χ4v) is 6.75. The topological polar surface area (TPSA) is 72.8 Å². The number of allylic oxidation sites excluding steroid dienone is 22. The van der Waals surface area contributed by atoms with Crippen molar-refractivity contribution in [1.29, 1.82) is 0 Å². The highest BCUT2D eigenvalue weighted by Crippen LogP contribution is 2.13. The smallest absolute Gasteiger partial charge is 0.306 e. The first-order chi connectivity index (χ1) is 32.1.